The summed E-state index contributed by atoms with van der Waals surface area (Å²) in [5.41, 5.74) is 4.96. The Balaban J connectivity index is 4.16. The van der Waals surface area contributed by atoms with Crippen LogP contribution in [0.3, 0.4) is 0 Å². The zero-order valence-electron chi connectivity index (χ0n) is 5.94. The lowest BCUT2D eigenvalue weighted by atomic mass is 10.4. The third-order valence-corrected chi connectivity index (χ3v) is 2.45. The molecule has 0 aliphatic heterocycles. The molecule has 0 aliphatic rings. The average molecular weight is 182 g/mol. The van der Waals surface area contributed by atoms with Crippen molar-refractivity contribution >= 4 is 16.0 Å². The van der Waals surface area contributed by atoms with Crippen LogP contribution in [0.2, 0.25) is 0 Å². The largest absolute Gasteiger partial charge is 0.480 e. The van der Waals surface area contributed by atoms with Gasteiger partial charge in [0.05, 0.1) is 5.75 Å². The maximum atomic E-state index is 10.7. The van der Waals surface area contributed by atoms with Gasteiger partial charge in [0.25, 0.3) is 0 Å². The molecule has 11 heavy (non-hydrogen) atoms. The number of nitrogens with two attached hydrogens (primary N) is 1. The van der Waals surface area contributed by atoms with E-state index < -0.39 is 27.8 Å². The van der Waals surface area contributed by atoms with Gasteiger partial charge in [-0.25, -0.2) is 13.1 Å². The van der Waals surface area contributed by atoms with Crippen molar-refractivity contribution in [1.82, 2.24) is 4.72 Å². The second kappa shape index (κ2) is 3.65. The van der Waals surface area contributed by atoms with Crippen molar-refractivity contribution < 1.29 is 18.3 Å². The van der Waals surface area contributed by atoms with Gasteiger partial charge in [-0.1, -0.05) is 0 Å². The van der Waals surface area contributed by atoms with Crippen LogP contribution >= 0.6 is 0 Å². The first-order valence-electron chi connectivity index (χ1n) is 2.78. The summed E-state index contributed by atoms with van der Waals surface area (Å²) in [6, 6.07) is -1.37. The summed E-state index contributed by atoms with van der Waals surface area (Å²) < 4.78 is 23.3. The lowest BCUT2D eigenvalue weighted by Gasteiger charge is -2.05. The molecule has 66 valence electrons. The molecule has 6 nitrogen and oxygen atoms in total. The first kappa shape index (κ1) is 10.3. The van der Waals surface area contributed by atoms with E-state index in [-0.39, 0.29) is 0 Å². The van der Waals surface area contributed by atoms with Crippen molar-refractivity contribution in [3.8, 4) is 0 Å². The Labute approximate surface area is 64.4 Å². The Bertz CT molecular complexity index is 234. The maximum absolute atomic E-state index is 10.7. The third kappa shape index (κ3) is 3.91. The van der Waals surface area contributed by atoms with Crippen molar-refractivity contribution in [2.75, 3.05) is 12.8 Å². The normalized spacial score (nSPS) is 14.4. The fourth-order valence-electron chi connectivity index (χ4n) is 0.391. The number of aliphatic carboxylic acids is 1. The van der Waals surface area contributed by atoms with Crippen molar-refractivity contribution in [2.24, 2.45) is 5.73 Å². The quantitative estimate of drug-likeness (QED) is 0.463. The Hall–Kier alpha value is -0.660. The summed E-state index contributed by atoms with van der Waals surface area (Å²) in [5.74, 6) is -1.93. The predicted molar refractivity (Wildman–Crippen MR) is 38.5 cm³/mol. The molecule has 0 aromatic rings. The minimum Gasteiger partial charge on any atom is -0.480 e. The van der Waals surface area contributed by atoms with Gasteiger partial charge in [0.2, 0.25) is 10.0 Å². The van der Waals surface area contributed by atoms with Crippen LogP contribution < -0.4 is 10.5 Å². The van der Waals surface area contributed by atoms with Crippen molar-refractivity contribution in [3.63, 3.8) is 0 Å². The summed E-state index contributed by atoms with van der Waals surface area (Å²) in [6.45, 7) is 0. The van der Waals surface area contributed by atoms with Gasteiger partial charge in [-0.2, -0.15) is 0 Å². The predicted octanol–water partition coefficient (Wildman–Crippen LogP) is -2.05. The van der Waals surface area contributed by atoms with E-state index >= 15 is 0 Å². The molecule has 0 saturated carbocycles. The Kier molecular flexibility index (Phi) is 3.43. The van der Waals surface area contributed by atoms with Gasteiger partial charge in [0, 0.05) is 0 Å². The van der Waals surface area contributed by atoms with Crippen LogP contribution in [-0.4, -0.2) is 38.3 Å². The molecular formula is C4H10N2O4S. The highest BCUT2D eigenvalue weighted by Gasteiger charge is 2.19. The number of hydrogen-bond acceptors (Lipinski definition) is 4. The van der Waals surface area contributed by atoms with Gasteiger partial charge in [-0.3, -0.25) is 4.79 Å². The van der Waals surface area contributed by atoms with E-state index in [0.717, 1.165) is 0 Å². The zero-order chi connectivity index (χ0) is 9.07. The second-order valence-corrected chi connectivity index (χ2v) is 3.90. The number of hydrogen-bond donors (Lipinski definition) is 3. The molecule has 0 saturated heterocycles. The molecule has 0 heterocycles. The van der Waals surface area contributed by atoms with E-state index in [4.69, 9.17) is 10.8 Å². The SMILES string of the molecule is CNS(=O)(=O)C[C@H](N)C(=O)O. The number of rotatable bonds is 4. The van der Waals surface area contributed by atoms with Crippen LogP contribution in [0.25, 0.3) is 0 Å². The molecule has 4 N–H and O–H groups in total. The zero-order valence-corrected chi connectivity index (χ0v) is 6.76. The highest BCUT2D eigenvalue weighted by Crippen LogP contribution is 1.87. The number of carboxylic acids is 1. The average Bonchev–Trinajstić information content (AvgIpc) is 1.87. The fraction of sp³-hybridized carbons (Fsp3) is 0.750. The summed E-state index contributed by atoms with van der Waals surface area (Å²) in [5, 5.41) is 8.22. The molecule has 0 aromatic heterocycles. The van der Waals surface area contributed by atoms with Crippen molar-refractivity contribution in [1.29, 1.82) is 0 Å². The second-order valence-electron chi connectivity index (χ2n) is 1.93. The molecule has 0 spiro atoms. The highest BCUT2D eigenvalue weighted by molar-refractivity contribution is 7.89. The van der Waals surface area contributed by atoms with Crippen LogP contribution in [0.1, 0.15) is 0 Å². The lowest BCUT2D eigenvalue weighted by Crippen LogP contribution is -2.40. The van der Waals surface area contributed by atoms with Crippen molar-refractivity contribution in [3.05, 3.63) is 0 Å². The molecule has 0 bridgehead atoms. The Morgan fingerprint density at radius 1 is 1.73 bits per heavy atom. The van der Waals surface area contributed by atoms with Crippen molar-refractivity contribution in [2.45, 2.75) is 6.04 Å². The Morgan fingerprint density at radius 2 is 2.18 bits per heavy atom. The van der Waals surface area contributed by atoms with Gasteiger partial charge in [-0.05, 0) is 7.05 Å². The van der Waals surface area contributed by atoms with Crippen LogP contribution in [0.4, 0.5) is 0 Å². The summed E-state index contributed by atoms with van der Waals surface area (Å²) in [4.78, 5) is 10.1. The number of sulfonamides is 1. The molecule has 0 aliphatic carbocycles. The number of nitrogens with one attached hydrogen (secondary N) is 1. The maximum Gasteiger partial charge on any atom is 0.321 e. The minimum atomic E-state index is -3.52. The molecule has 0 radical (unpaired) electrons. The molecule has 0 rings (SSSR count). The molecular weight excluding hydrogens is 172 g/mol. The molecule has 0 fully saturated rings. The van der Waals surface area contributed by atoms with Gasteiger partial charge in [0.15, 0.2) is 0 Å². The van der Waals surface area contributed by atoms with E-state index in [1.807, 2.05) is 4.72 Å². The standard InChI is InChI=1S/C4H10N2O4S/c1-6-11(9,10)2-3(5)4(7)8/h3,6H,2,5H2,1H3,(H,7,8)/t3-/m0/s1. The van der Waals surface area contributed by atoms with E-state index in [9.17, 15) is 13.2 Å². The molecule has 7 heteroatoms. The van der Waals surface area contributed by atoms with E-state index in [1.54, 1.807) is 0 Å². The first-order valence-corrected chi connectivity index (χ1v) is 4.44. The van der Waals surface area contributed by atoms with Gasteiger partial charge >= 0.3 is 5.97 Å². The smallest absolute Gasteiger partial charge is 0.321 e. The number of carboxylic acid groups (broad SMARTS) is 1. The van der Waals surface area contributed by atoms with Crippen LogP contribution in [0.5, 0.6) is 0 Å². The summed E-state index contributed by atoms with van der Waals surface area (Å²) in [6.07, 6.45) is 0. The van der Waals surface area contributed by atoms with E-state index in [1.165, 1.54) is 7.05 Å². The van der Waals surface area contributed by atoms with Gasteiger partial charge in [-0.15, -0.1) is 0 Å². The molecule has 0 unspecified atom stereocenters. The van der Waals surface area contributed by atoms with Gasteiger partial charge in [0.1, 0.15) is 6.04 Å². The van der Waals surface area contributed by atoms with E-state index in [2.05, 4.69) is 0 Å². The monoisotopic (exact) mass is 182 g/mol. The van der Waals surface area contributed by atoms with Gasteiger partial charge < -0.3 is 10.8 Å². The molecule has 1 atom stereocenters. The summed E-state index contributed by atoms with van der Waals surface area (Å²) >= 11 is 0. The molecule has 0 amide bonds. The van der Waals surface area contributed by atoms with Crippen LogP contribution in [0, 0.1) is 0 Å². The fourth-order valence-corrected chi connectivity index (χ4v) is 1.17. The Morgan fingerprint density at radius 3 is 2.45 bits per heavy atom. The van der Waals surface area contributed by atoms with Crippen LogP contribution in [-0.2, 0) is 14.8 Å². The first-order chi connectivity index (χ1) is 4.89. The summed E-state index contributed by atoms with van der Waals surface area (Å²) in [7, 11) is -2.32. The minimum absolute atomic E-state index is 0.598. The lowest BCUT2D eigenvalue weighted by molar-refractivity contribution is -0.137. The molecule has 0 aromatic carbocycles. The van der Waals surface area contributed by atoms with E-state index in [0.29, 0.717) is 0 Å². The number of carbonyl (C=O) groups is 1. The van der Waals surface area contributed by atoms with Crippen LogP contribution in [0.15, 0.2) is 0 Å². The highest BCUT2D eigenvalue weighted by atomic mass is 32.2. The topological polar surface area (TPSA) is 109 Å². The third-order valence-electron chi connectivity index (χ3n) is 1.03.